The quantitative estimate of drug-likeness (QED) is 0.922. The van der Waals surface area contributed by atoms with E-state index >= 15 is 0 Å². The molecule has 0 aliphatic rings. The summed E-state index contributed by atoms with van der Waals surface area (Å²) in [6.07, 6.45) is -3.40. The maximum absolute atomic E-state index is 12.9. The van der Waals surface area contributed by atoms with Crippen LogP contribution < -0.4 is 10.1 Å². The molecule has 1 heterocycles. The molecule has 0 fully saturated rings. The summed E-state index contributed by atoms with van der Waals surface area (Å²) in [5.41, 5.74) is -0.993. The molecule has 1 aromatic heterocycles. The highest BCUT2D eigenvalue weighted by Crippen LogP contribution is 2.37. The van der Waals surface area contributed by atoms with Crippen molar-refractivity contribution < 1.29 is 27.1 Å². The van der Waals surface area contributed by atoms with E-state index < -0.39 is 17.6 Å². The van der Waals surface area contributed by atoms with Gasteiger partial charge >= 0.3 is 6.18 Å². The predicted molar refractivity (Wildman–Crippen MR) is 69.7 cm³/mol. The highest BCUT2D eigenvalue weighted by molar-refractivity contribution is 6.32. The molecule has 112 valence electrons. The van der Waals surface area contributed by atoms with Crippen LogP contribution in [0.5, 0.6) is 5.75 Å². The molecule has 8 heteroatoms. The van der Waals surface area contributed by atoms with Gasteiger partial charge in [-0.05, 0) is 35.9 Å². The number of furan rings is 1. The lowest BCUT2D eigenvalue weighted by atomic mass is 10.1. The van der Waals surface area contributed by atoms with E-state index in [1.807, 2.05) is 0 Å². The number of anilines is 1. The van der Waals surface area contributed by atoms with Crippen LogP contribution >= 0.6 is 11.6 Å². The lowest BCUT2D eigenvalue weighted by Crippen LogP contribution is -2.13. The van der Waals surface area contributed by atoms with Gasteiger partial charge in [0.1, 0.15) is 5.75 Å². The molecule has 0 atom stereocenters. The average molecular weight is 320 g/mol. The molecule has 0 aliphatic heterocycles. The molecule has 1 N–H and O–H groups in total. The van der Waals surface area contributed by atoms with Gasteiger partial charge in [0.2, 0.25) is 5.22 Å². The van der Waals surface area contributed by atoms with Gasteiger partial charge in [0.15, 0.2) is 0 Å². The number of benzene rings is 1. The lowest BCUT2D eigenvalue weighted by Gasteiger charge is -2.13. The first-order valence-electron chi connectivity index (χ1n) is 5.62. The number of methoxy groups -OCH3 is 1. The normalized spacial score (nSPS) is 11.3. The number of amides is 1. The SMILES string of the molecule is COc1ccc(NC(=O)c2ccoc2Cl)cc1C(F)(F)F. The number of carbonyl (C=O) groups is 1. The van der Waals surface area contributed by atoms with Gasteiger partial charge in [-0.3, -0.25) is 4.79 Å². The van der Waals surface area contributed by atoms with E-state index in [0.717, 1.165) is 19.2 Å². The molecule has 2 aromatic rings. The van der Waals surface area contributed by atoms with Crippen molar-refractivity contribution >= 4 is 23.2 Å². The van der Waals surface area contributed by atoms with Crippen LogP contribution in [0.4, 0.5) is 18.9 Å². The first kappa shape index (κ1) is 15.2. The summed E-state index contributed by atoms with van der Waals surface area (Å²) >= 11 is 5.62. The molecule has 0 saturated heterocycles. The number of hydrogen-bond donors (Lipinski definition) is 1. The van der Waals surface area contributed by atoms with Crippen LogP contribution in [-0.4, -0.2) is 13.0 Å². The van der Waals surface area contributed by atoms with E-state index in [1.165, 1.54) is 18.4 Å². The maximum atomic E-state index is 12.9. The number of alkyl halides is 3. The van der Waals surface area contributed by atoms with Crippen molar-refractivity contribution in [2.45, 2.75) is 6.18 Å². The van der Waals surface area contributed by atoms with Gasteiger partial charge < -0.3 is 14.5 Å². The Morgan fingerprint density at radius 3 is 2.57 bits per heavy atom. The number of ether oxygens (including phenoxy) is 1. The summed E-state index contributed by atoms with van der Waals surface area (Å²) in [5, 5.41) is 2.17. The summed E-state index contributed by atoms with van der Waals surface area (Å²) < 4.78 is 48.0. The fourth-order valence-corrected chi connectivity index (χ4v) is 1.86. The van der Waals surface area contributed by atoms with Gasteiger partial charge in [-0.1, -0.05) is 0 Å². The van der Waals surface area contributed by atoms with E-state index in [9.17, 15) is 18.0 Å². The van der Waals surface area contributed by atoms with Crippen LogP contribution in [0.15, 0.2) is 34.9 Å². The molecule has 0 saturated carbocycles. The lowest BCUT2D eigenvalue weighted by molar-refractivity contribution is -0.138. The van der Waals surface area contributed by atoms with Gasteiger partial charge in [-0.25, -0.2) is 0 Å². The Morgan fingerprint density at radius 1 is 1.33 bits per heavy atom. The number of hydrogen-bond acceptors (Lipinski definition) is 3. The van der Waals surface area contributed by atoms with Crippen molar-refractivity contribution in [2.75, 3.05) is 12.4 Å². The third-order valence-corrected chi connectivity index (χ3v) is 2.92. The van der Waals surface area contributed by atoms with Crippen LogP contribution in [0.1, 0.15) is 15.9 Å². The van der Waals surface area contributed by atoms with Crippen molar-refractivity contribution in [1.82, 2.24) is 0 Å². The summed E-state index contributed by atoms with van der Waals surface area (Å²) in [6, 6.07) is 4.51. The monoisotopic (exact) mass is 319 g/mol. The third kappa shape index (κ3) is 3.30. The minimum atomic E-state index is -4.60. The highest BCUT2D eigenvalue weighted by Gasteiger charge is 2.34. The molecular weight excluding hydrogens is 311 g/mol. The molecule has 0 spiro atoms. The molecule has 0 radical (unpaired) electrons. The predicted octanol–water partition coefficient (Wildman–Crippen LogP) is 4.21. The van der Waals surface area contributed by atoms with Crippen LogP contribution in [0.25, 0.3) is 0 Å². The van der Waals surface area contributed by atoms with Crippen LogP contribution in [0.2, 0.25) is 5.22 Å². The Bertz CT molecular complexity index is 667. The first-order valence-corrected chi connectivity index (χ1v) is 6.00. The smallest absolute Gasteiger partial charge is 0.420 e. The number of carbonyl (C=O) groups excluding carboxylic acids is 1. The summed E-state index contributed by atoms with van der Waals surface area (Å²) in [4.78, 5) is 11.8. The Hall–Kier alpha value is -2.15. The second-order valence-corrected chi connectivity index (χ2v) is 4.32. The van der Waals surface area contributed by atoms with Crippen molar-refractivity contribution in [3.8, 4) is 5.75 Å². The topological polar surface area (TPSA) is 51.5 Å². The number of rotatable bonds is 3. The zero-order valence-corrected chi connectivity index (χ0v) is 11.4. The number of nitrogens with one attached hydrogen (secondary N) is 1. The van der Waals surface area contributed by atoms with Crippen molar-refractivity contribution in [3.63, 3.8) is 0 Å². The first-order chi connectivity index (χ1) is 9.82. The maximum Gasteiger partial charge on any atom is 0.420 e. The zero-order valence-electron chi connectivity index (χ0n) is 10.6. The minimum Gasteiger partial charge on any atom is -0.496 e. The van der Waals surface area contributed by atoms with Crippen LogP contribution in [-0.2, 0) is 6.18 Å². The molecule has 4 nitrogen and oxygen atoms in total. The van der Waals surface area contributed by atoms with E-state index in [4.69, 9.17) is 16.0 Å². The van der Waals surface area contributed by atoms with Crippen molar-refractivity contribution in [2.24, 2.45) is 0 Å². The molecule has 0 unspecified atom stereocenters. The Morgan fingerprint density at radius 2 is 2.05 bits per heavy atom. The van der Waals surface area contributed by atoms with Gasteiger partial charge in [0.25, 0.3) is 5.91 Å². The fourth-order valence-electron chi connectivity index (χ4n) is 1.66. The van der Waals surface area contributed by atoms with Crippen molar-refractivity contribution in [1.29, 1.82) is 0 Å². The molecule has 21 heavy (non-hydrogen) atoms. The highest BCUT2D eigenvalue weighted by atomic mass is 35.5. The van der Waals surface area contributed by atoms with Gasteiger partial charge in [-0.2, -0.15) is 13.2 Å². The van der Waals surface area contributed by atoms with Crippen LogP contribution in [0.3, 0.4) is 0 Å². The molecule has 2 rings (SSSR count). The molecule has 0 bridgehead atoms. The minimum absolute atomic E-state index is 0.0287. The van der Waals surface area contributed by atoms with E-state index in [0.29, 0.717) is 0 Å². The molecule has 1 amide bonds. The molecule has 1 aromatic carbocycles. The molecular formula is C13H9ClF3NO3. The fraction of sp³-hybridized carbons (Fsp3) is 0.154. The van der Waals surface area contributed by atoms with Gasteiger partial charge in [-0.15, -0.1) is 0 Å². The summed E-state index contributed by atoms with van der Waals surface area (Å²) in [7, 11) is 1.13. The Balaban J connectivity index is 2.30. The standard InChI is InChI=1S/C13H9ClF3NO3/c1-20-10-3-2-7(6-9(10)13(15,16)17)18-12(19)8-4-5-21-11(8)14/h2-6H,1H3,(H,18,19). The van der Waals surface area contributed by atoms with Crippen LogP contribution in [0, 0.1) is 0 Å². The third-order valence-electron chi connectivity index (χ3n) is 2.63. The Kier molecular flexibility index (Phi) is 4.13. The largest absolute Gasteiger partial charge is 0.496 e. The van der Waals surface area contributed by atoms with Gasteiger partial charge in [0.05, 0.1) is 24.5 Å². The van der Waals surface area contributed by atoms with Crippen molar-refractivity contribution in [3.05, 3.63) is 46.9 Å². The summed E-state index contributed by atoms with van der Waals surface area (Å²) in [5.74, 6) is -1.01. The van der Waals surface area contributed by atoms with E-state index in [2.05, 4.69) is 10.1 Å². The number of halogens is 4. The zero-order chi connectivity index (χ0) is 15.6. The second-order valence-electron chi connectivity index (χ2n) is 3.97. The summed E-state index contributed by atoms with van der Waals surface area (Å²) in [6.45, 7) is 0. The van der Waals surface area contributed by atoms with E-state index in [1.54, 1.807) is 0 Å². The van der Waals surface area contributed by atoms with Gasteiger partial charge in [0, 0.05) is 5.69 Å². The molecule has 0 aliphatic carbocycles. The Labute approximate surface area is 122 Å². The van der Waals surface area contributed by atoms with E-state index in [-0.39, 0.29) is 22.2 Å². The second kappa shape index (κ2) is 5.69. The average Bonchev–Trinajstić information content (AvgIpc) is 2.84.